The minimum Gasteiger partial charge on any atom is -0.489 e. The number of carbonyl (C=O) groups is 2. The Bertz CT molecular complexity index is 1080. The number of fused-ring (bicyclic) bond motifs is 1. The van der Waals surface area contributed by atoms with Crippen molar-refractivity contribution in [3.05, 3.63) is 77.0 Å². The maximum absolute atomic E-state index is 13.0. The van der Waals surface area contributed by atoms with Crippen LogP contribution >= 0.6 is 0 Å². The molecular weight excluding hydrogens is 414 g/mol. The van der Waals surface area contributed by atoms with Crippen LogP contribution in [0.1, 0.15) is 59.7 Å². The Morgan fingerprint density at radius 3 is 2.61 bits per heavy atom. The second-order valence-electron chi connectivity index (χ2n) is 9.43. The fourth-order valence-electron chi connectivity index (χ4n) is 5.14. The standard InChI is InChI=1S/C27H31N3O3/c1-18-8-13-24(26(31)28-18)30-16-23-22(27(30)32)6-3-7-25(23)33-17-21-11-9-20(10-12-21)15-29-14-4-5-19(29)2/h3,6-7,9-12,19,24H,1,4-5,8,13-17H2,2H3,(H,28,31). The Labute approximate surface area is 195 Å². The largest absolute Gasteiger partial charge is 0.489 e. The molecular formula is C27H31N3O3. The van der Waals surface area contributed by atoms with Gasteiger partial charge in [-0.05, 0) is 62.4 Å². The second-order valence-corrected chi connectivity index (χ2v) is 9.43. The number of piperidine rings is 1. The van der Waals surface area contributed by atoms with Crippen LogP contribution in [0.15, 0.2) is 54.7 Å². The lowest BCUT2D eigenvalue weighted by Gasteiger charge is -2.31. The SMILES string of the molecule is C=C1CCC(N2Cc3c(OCc4ccc(CN5CCCC5C)cc4)cccc3C2=O)C(=O)N1. The van der Waals surface area contributed by atoms with Crippen molar-refractivity contribution in [3.8, 4) is 5.75 Å². The van der Waals surface area contributed by atoms with Gasteiger partial charge in [-0.25, -0.2) is 0 Å². The highest BCUT2D eigenvalue weighted by molar-refractivity contribution is 6.02. The number of hydrogen-bond acceptors (Lipinski definition) is 4. The maximum atomic E-state index is 13.0. The van der Waals surface area contributed by atoms with E-state index in [0.29, 0.717) is 49.0 Å². The normalized spacial score (nSPS) is 23.1. The molecule has 6 heteroatoms. The van der Waals surface area contributed by atoms with Crippen LogP contribution in [0.5, 0.6) is 5.75 Å². The fraction of sp³-hybridized carbons (Fsp3) is 0.407. The van der Waals surface area contributed by atoms with E-state index in [2.05, 4.69) is 48.0 Å². The number of rotatable bonds is 6. The van der Waals surface area contributed by atoms with Crippen molar-refractivity contribution >= 4 is 11.8 Å². The summed E-state index contributed by atoms with van der Waals surface area (Å²) in [5, 5.41) is 2.78. The van der Waals surface area contributed by atoms with Crippen molar-refractivity contribution in [1.29, 1.82) is 0 Å². The summed E-state index contributed by atoms with van der Waals surface area (Å²) in [6, 6.07) is 14.4. The topological polar surface area (TPSA) is 61.9 Å². The van der Waals surface area contributed by atoms with E-state index in [9.17, 15) is 9.59 Å². The molecule has 3 heterocycles. The van der Waals surface area contributed by atoms with Crippen LogP contribution in [0.4, 0.5) is 0 Å². The molecule has 0 bridgehead atoms. The predicted molar refractivity (Wildman–Crippen MR) is 127 cm³/mol. The van der Waals surface area contributed by atoms with E-state index in [0.717, 1.165) is 17.7 Å². The first-order valence-corrected chi connectivity index (χ1v) is 11.9. The van der Waals surface area contributed by atoms with Crippen molar-refractivity contribution < 1.29 is 14.3 Å². The molecule has 33 heavy (non-hydrogen) atoms. The van der Waals surface area contributed by atoms with Gasteiger partial charge in [0.25, 0.3) is 5.91 Å². The Balaban J connectivity index is 1.24. The molecule has 2 fully saturated rings. The summed E-state index contributed by atoms with van der Waals surface area (Å²) in [5.74, 6) is 0.445. The fourth-order valence-corrected chi connectivity index (χ4v) is 5.14. The van der Waals surface area contributed by atoms with E-state index >= 15 is 0 Å². The van der Waals surface area contributed by atoms with Crippen LogP contribution in [0.25, 0.3) is 0 Å². The molecule has 0 radical (unpaired) electrons. The summed E-state index contributed by atoms with van der Waals surface area (Å²) in [6.07, 6.45) is 3.86. The number of allylic oxidation sites excluding steroid dienone is 1. The van der Waals surface area contributed by atoms with Gasteiger partial charge in [0, 0.05) is 29.4 Å². The molecule has 1 N–H and O–H groups in total. The molecule has 172 valence electrons. The number of amides is 2. The van der Waals surface area contributed by atoms with Gasteiger partial charge in [-0.3, -0.25) is 14.5 Å². The summed E-state index contributed by atoms with van der Waals surface area (Å²) in [4.78, 5) is 29.6. The average molecular weight is 446 g/mol. The predicted octanol–water partition coefficient (Wildman–Crippen LogP) is 4.00. The minimum atomic E-state index is -0.464. The number of nitrogens with one attached hydrogen (secondary N) is 1. The van der Waals surface area contributed by atoms with Gasteiger partial charge in [-0.2, -0.15) is 0 Å². The quantitative estimate of drug-likeness (QED) is 0.730. The first kappa shape index (κ1) is 21.7. The number of hydrogen-bond donors (Lipinski definition) is 1. The van der Waals surface area contributed by atoms with Crippen LogP contribution < -0.4 is 10.1 Å². The third-order valence-corrected chi connectivity index (χ3v) is 7.14. The summed E-state index contributed by atoms with van der Waals surface area (Å²) < 4.78 is 6.15. The highest BCUT2D eigenvalue weighted by Gasteiger charge is 2.39. The number of benzene rings is 2. The van der Waals surface area contributed by atoms with Gasteiger partial charge in [0.05, 0.1) is 6.54 Å². The maximum Gasteiger partial charge on any atom is 0.255 e. The summed E-state index contributed by atoms with van der Waals surface area (Å²) in [5.41, 5.74) is 4.62. The van der Waals surface area contributed by atoms with Crippen molar-refractivity contribution in [2.45, 2.75) is 64.4 Å². The highest BCUT2D eigenvalue weighted by Crippen LogP contribution is 2.34. The molecule has 2 atom stereocenters. The van der Waals surface area contributed by atoms with Crippen molar-refractivity contribution in [3.63, 3.8) is 0 Å². The van der Waals surface area contributed by atoms with Crippen LogP contribution in [0.2, 0.25) is 0 Å². The molecule has 0 spiro atoms. The molecule has 2 aromatic carbocycles. The van der Waals surface area contributed by atoms with Gasteiger partial charge in [-0.15, -0.1) is 0 Å². The molecule has 3 aliphatic rings. The number of likely N-dealkylation sites (tertiary alicyclic amines) is 1. The van der Waals surface area contributed by atoms with Gasteiger partial charge in [0.2, 0.25) is 5.91 Å². The van der Waals surface area contributed by atoms with Gasteiger partial charge in [-0.1, -0.05) is 36.9 Å². The van der Waals surface area contributed by atoms with E-state index in [4.69, 9.17) is 4.74 Å². The summed E-state index contributed by atoms with van der Waals surface area (Å²) in [6.45, 7) is 9.13. The van der Waals surface area contributed by atoms with E-state index in [-0.39, 0.29) is 11.8 Å². The molecule has 2 aromatic rings. The van der Waals surface area contributed by atoms with Crippen LogP contribution in [-0.2, 0) is 24.5 Å². The van der Waals surface area contributed by atoms with E-state index in [1.807, 2.05) is 18.2 Å². The molecule has 2 saturated heterocycles. The zero-order valence-electron chi connectivity index (χ0n) is 19.2. The van der Waals surface area contributed by atoms with Gasteiger partial charge >= 0.3 is 0 Å². The summed E-state index contributed by atoms with van der Waals surface area (Å²) in [7, 11) is 0. The average Bonchev–Trinajstić information content (AvgIpc) is 3.36. The molecule has 6 nitrogen and oxygen atoms in total. The smallest absolute Gasteiger partial charge is 0.255 e. The first-order valence-electron chi connectivity index (χ1n) is 11.9. The van der Waals surface area contributed by atoms with Crippen LogP contribution in [-0.4, -0.2) is 40.2 Å². The Hall–Kier alpha value is -3.12. The van der Waals surface area contributed by atoms with Crippen molar-refractivity contribution in [2.24, 2.45) is 0 Å². The molecule has 0 aliphatic carbocycles. The molecule has 5 rings (SSSR count). The lowest BCUT2D eigenvalue weighted by atomic mass is 10.0. The Kier molecular flexibility index (Phi) is 5.94. The molecule has 2 amide bonds. The van der Waals surface area contributed by atoms with E-state index < -0.39 is 6.04 Å². The van der Waals surface area contributed by atoms with Crippen molar-refractivity contribution in [2.75, 3.05) is 6.54 Å². The van der Waals surface area contributed by atoms with Crippen LogP contribution in [0.3, 0.4) is 0 Å². The molecule has 0 saturated carbocycles. The lowest BCUT2D eigenvalue weighted by molar-refractivity contribution is -0.126. The minimum absolute atomic E-state index is 0.108. The third kappa shape index (κ3) is 4.40. The number of carbonyl (C=O) groups excluding carboxylic acids is 2. The number of ether oxygens (including phenoxy) is 1. The highest BCUT2D eigenvalue weighted by atomic mass is 16.5. The second kappa shape index (κ2) is 9.02. The van der Waals surface area contributed by atoms with E-state index in [1.54, 1.807) is 4.90 Å². The summed E-state index contributed by atoms with van der Waals surface area (Å²) >= 11 is 0. The van der Waals surface area contributed by atoms with Gasteiger partial charge in [0.15, 0.2) is 0 Å². The number of nitrogens with zero attached hydrogens (tertiary/aromatic N) is 2. The zero-order chi connectivity index (χ0) is 22.9. The van der Waals surface area contributed by atoms with Crippen molar-refractivity contribution in [1.82, 2.24) is 15.1 Å². The lowest BCUT2D eigenvalue weighted by Crippen LogP contribution is -2.49. The molecule has 3 aliphatic heterocycles. The zero-order valence-corrected chi connectivity index (χ0v) is 19.2. The third-order valence-electron chi connectivity index (χ3n) is 7.14. The molecule has 0 aromatic heterocycles. The first-order chi connectivity index (χ1) is 16.0. The van der Waals surface area contributed by atoms with Crippen LogP contribution in [0, 0.1) is 0 Å². The van der Waals surface area contributed by atoms with Gasteiger partial charge < -0.3 is 15.0 Å². The Morgan fingerprint density at radius 1 is 1.09 bits per heavy atom. The molecule has 2 unspecified atom stereocenters. The monoisotopic (exact) mass is 445 g/mol. The van der Waals surface area contributed by atoms with E-state index in [1.165, 1.54) is 24.9 Å². The van der Waals surface area contributed by atoms with Gasteiger partial charge in [0.1, 0.15) is 18.4 Å². The Morgan fingerprint density at radius 2 is 1.88 bits per heavy atom.